The lowest BCUT2D eigenvalue weighted by molar-refractivity contribution is -0.132. The zero-order valence-corrected chi connectivity index (χ0v) is 9.85. The number of rotatable bonds is 6. The summed E-state index contributed by atoms with van der Waals surface area (Å²) in [6.07, 6.45) is 4.36. The molecule has 4 nitrogen and oxygen atoms in total. The van der Waals surface area contributed by atoms with Gasteiger partial charge in [0.2, 0.25) is 0 Å². The summed E-state index contributed by atoms with van der Waals surface area (Å²) < 4.78 is 0. The van der Waals surface area contributed by atoms with Gasteiger partial charge in [-0.25, -0.2) is 4.79 Å². The van der Waals surface area contributed by atoms with Gasteiger partial charge in [0, 0.05) is 25.3 Å². The highest BCUT2D eigenvalue weighted by molar-refractivity contribution is 5.86. The predicted molar refractivity (Wildman–Crippen MR) is 62.3 cm³/mol. The molecule has 0 saturated carbocycles. The van der Waals surface area contributed by atoms with Gasteiger partial charge >= 0.3 is 5.97 Å². The van der Waals surface area contributed by atoms with E-state index in [1.165, 1.54) is 0 Å². The standard InChI is InChI=1S/C12H21NO3/c1-2-11(12(15)16)4-7-13-6-3-10(9-13)5-8-14/h4,10,14H,2-3,5-9H2,1H3,(H,15,16). The van der Waals surface area contributed by atoms with Gasteiger partial charge in [0.05, 0.1) is 0 Å². The maximum atomic E-state index is 10.8. The summed E-state index contributed by atoms with van der Waals surface area (Å²) in [6.45, 7) is 4.82. The van der Waals surface area contributed by atoms with E-state index in [1.54, 1.807) is 0 Å². The fourth-order valence-corrected chi connectivity index (χ4v) is 2.12. The van der Waals surface area contributed by atoms with E-state index in [4.69, 9.17) is 10.2 Å². The first-order valence-corrected chi connectivity index (χ1v) is 5.92. The van der Waals surface area contributed by atoms with Crippen molar-refractivity contribution in [2.75, 3.05) is 26.2 Å². The van der Waals surface area contributed by atoms with Gasteiger partial charge in [-0.15, -0.1) is 0 Å². The van der Waals surface area contributed by atoms with Gasteiger partial charge < -0.3 is 10.2 Å². The second-order valence-electron chi connectivity index (χ2n) is 4.31. The molecule has 1 rings (SSSR count). The first kappa shape index (κ1) is 13.2. The summed E-state index contributed by atoms with van der Waals surface area (Å²) in [7, 11) is 0. The summed E-state index contributed by atoms with van der Waals surface area (Å²) in [6, 6.07) is 0. The number of likely N-dealkylation sites (tertiary alicyclic amines) is 1. The Balaban J connectivity index is 2.36. The smallest absolute Gasteiger partial charge is 0.331 e. The molecule has 1 saturated heterocycles. The van der Waals surface area contributed by atoms with Crippen LogP contribution in [0.3, 0.4) is 0 Å². The van der Waals surface area contributed by atoms with Crippen LogP contribution in [0, 0.1) is 5.92 Å². The number of carboxylic acids is 1. The molecule has 1 atom stereocenters. The average Bonchev–Trinajstić information content (AvgIpc) is 2.67. The molecule has 1 fully saturated rings. The molecule has 0 aliphatic carbocycles. The number of hydrogen-bond donors (Lipinski definition) is 2. The molecule has 1 unspecified atom stereocenters. The van der Waals surface area contributed by atoms with Crippen molar-refractivity contribution >= 4 is 5.97 Å². The third-order valence-corrected chi connectivity index (χ3v) is 3.16. The number of carboxylic acid groups (broad SMARTS) is 1. The molecular weight excluding hydrogens is 206 g/mol. The van der Waals surface area contributed by atoms with Crippen molar-refractivity contribution < 1.29 is 15.0 Å². The first-order valence-electron chi connectivity index (χ1n) is 5.92. The number of aliphatic hydroxyl groups excluding tert-OH is 1. The molecule has 0 spiro atoms. The topological polar surface area (TPSA) is 60.8 Å². The molecule has 2 N–H and O–H groups in total. The van der Waals surface area contributed by atoms with Gasteiger partial charge in [-0.1, -0.05) is 13.0 Å². The van der Waals surface area contributed by atoms with Gasteiger partial charge in [0.25, 0.3) is 0 Å². The minimum atomic E-state index is -0.811. The number of aliphatic hydroxyl groups is 1. The van der Waals surface area contributed by atoms with Gasteiger partial charge in [-0.05, 0) is 31.7 Å². The van der Waals surface area contributed by atoms with Gasteiger partial charge in [0.1, 0.15) is 0 Å². The van der Waals surface area contributed by atoms with E-state index in [2.05, 4.69) is 4.90 Å². The van der Waals surface area contributed by atoms with Crippen LogP contribution in [0.15, 0.2) is 11.6 Å². The summed E-state index contributed by atoms with van der Waals surface area (Å²) in [5.74, 6) is -0.234. The van der Waals surface area contributed by atoms with Crippen LogP contribution in [0.2, 0.25) is 0 Å². The van der Waals surface area contributed by atoms with E-state index in [0.717, 1.165) is 32.5 Å². The molecule has 0 aromatic carbocycles. The van der Waals surface area contributed by atoms with Crippen molar-refractivity contribution in [3.63, 3.8) is 0 Å². The summed E-state index contributed by atoms with van der Waals surface area (Å²) in [5, 5.41) is 17.7. The second kappa shape index (κ2) is 6.66. The van der Waals surface area contributed by atoms with Crippen LogP contribution in [0.5, 0.6) is 0 Å². The van der Waals surface area contributed by atoms with Crippen LogP contribution >= 0.6 is 0 Å². The SMILES string of the molecule is CCC(=CCN1CCC(CCO)C1)C(=O)O. The van der Waals surface area contributed by atoms with Crippen molar-refractivity contribution in [2.45, 2.75) is 26.2 Å². The Bertz CT molecular complexity index is 263. The average molecular weight is 227 g/mol. The van der Waals surface area contributed by atoms with Crippen molar-refractivity contribution in [1.82, 2.24) is 4.90 Å². The maximum absolute atomic E-state index is 10.8. The van der Waals surface area contributed by atoms with E-state index in [0.29, 0.717) is 17.9 Å². The van der Waals surface area contributed by atoms with Crippen molar-refractivity contribution in [3.05, 3.63) is 11.6 Å². The van der Waals surface area contributed by atoms with Crippen LogP contribution in [0.4, 0.5) is 0 Å². The third kappa shape index (κ3) is 3.94. The largest absolute Gasteiger partial charge is 0.478 e. The second-order valence-corrected chi connectivity index (χ2v) is 4.31. The minimum Gasteiger partial charge on any atom is -0.478 e. The lowest BCUT2D eigenvalue weighted by Crippen LogP contribution is -2.21. The number of aliphatic carboxylic acids is 1. The summed E-state index contributed by atoms with van der Waals surface area (Å²) >= 11 is 0. The monoisotopic (exact) mass is 227 g/mol. The highest BCUT2D eigenvalue weighted by Gasteiger charge is 2.21. The van der Waals surface area contributed by atoms with E-state index >= 15 is 0 Å². The molecule has 0 radical (unpaired) electrons. The van der Waals surface area contributed by atoms with E-state index in [9.17, 15) is 4.79 Å². The Kier molecular flexibility index (Phi) is 5.49. The normalized spacial score (nSPS) is 22.6. The Hall–Kier alpha value is -0.870. The van der Waals surface area contributed by atoms with Crippen molar-refractivity contribution in [2.24, 2.45) is 5.92 Å². The quantitative estimate of drug-likeness (QED) is 0.667. The minimum absolute atomic E-state index is 0.254. The van der Waals surface area contributed by atoms with Crippen molar-refractivity contribution in [3.8, 4) is 0 Å². The number of hydrogen-bond acceptors (Lipinski definition) is 3. The molecule has 1 aliphatic heterocycles. The highest BCUT2D eigenvalue weighted by Crippen LogP contribution is 2.19. The number of carbonyl (C=O) groups is 1. The van der Waals surface area contributed by atoms with E-state index < -0.39 is 5.97 Å². The highest BCUT2D eigenvalue weighted by atomic mass is 16.4. The van der Waals surface area contributed by atoms with E-state index in [1.807, 2.05) is 13.0 Å². The van der Waals surface area contributed by atoms with Gasteiger partial charge in [0.15, 0.2) is 0 Å². The lowest BCUT2D eigenvalue weighted by atomic mass is 10.1. The molecule has 4 heteroatoms. The Labute approximate surface area is 96.6 Å². The van der Waals surface area contributed by atoms with Crippen molar-refractivity contribution in [1.29, 1.82) is 0 Å². The molecule has 0 aromatic heterocycles. The predicted octanol–water partition coefficient (Wildman–Crippen LogP) is 1.11. The molecule has 0 bridgehead atoms. The molecular formula is C12H21NO3. The first-order chi connectivity index (χ1) is 7.67. The summed E-state index contributed by atoms with van der Waals surface area (Å²) in [5.41, 5.74) is 0.491. The van der Waals surface area contributed by atoms with Crippen LogP contribution in [0.25, 0.3) is 0 Å². The fraction of sp³-hybridized carbons (Fsp3) is 0.750. The summed E-state index contributed by atoms with van der Waals surface area (Å²) in [4.78, 5) is 13.0. The Morgan fingerprint density at radius 3 is 2.88 bits per heavy atom. The zero-order valence-electron chi connectivity index (χ0n) is 9.85. The third-order valence-electron chi connectivity index (χ3n) is 3.16. The van der Waals surface area contributed by atoms with E-state index in [-0.39, 0.29) is 6.61 Å². The molecule has 92 valence electrons. The molecule has 0 aromatic rings. The van der Waals surface area contributed by atoms with Crippen LogP contribution < -0.4 is 0 Å². The molecule has 1 aliphatic rings. The van der Waals surface area contributed by atoms with Crippen LogP contribution in [0.1, 0.15) is 26.2 Å². The molecule has 1 heterocycles. The Morgan fingerprint density at radius 2 is 2.31 bits per heavy atom. The Morgan fingerprint density at radius 1 is 1.56 bits per heavy atom. The van der Waals surface area contributed by atoms with Gasteiger partial charge in [-0.2, -0.15) is 0 Å². The maximum Gasteiger partial charge on any atom is 0.331 e. The molecule has 0 amide bonds. The van der Waals surface area contributed by atoms with Gasteiger partial charge in [-0.3, -0.25) is 4.90 Å². The van der Waals surface area contributed by atoms with Crippen LogP contribution in [-0.2, 0) is 4.79 Å². The number of nitrogens with zero attached hydrogens (tertiary/aromatic N) is 1. The zero-order chi connectivity index (χ0) is 12.0. The molecule has 16 heavy (non-hydrogen) atoms. The fourth-order valence-electron chi connectivity index (χ4n) is 2.12. The lowest BCUT2D eigenvalue weighted by Gasteiger charge is -2.13. The van der Waals surface area contributed by atoms with Crippen LogP contribution in [-0.4, -0.2) is 47.3 Å².